The lowest BCUT2D eigenvalue weighted by molar-refractivity contribution is -0.139. The molecule has 2 aromatic carbocycles. The Hall–Kier alpha value is -4.08. The molecule has 0 aliphatic carbocycles. The van der Waals surface area contributed by atoms with E-state index in [1.807, 2.05) is 0 Å². The second-order valence-corrected chi connectivity index (χ2v) is 9.20. The highest BCUT2D eigenvalue weighted by Gasteiger charge is 2.32. The van der Waals surface area contributed by atoms with Gasteiger partial charge in [-0.2, -0.15) is 5.10 Å². The molecule has 12 heteroatoms. The number of amides is 1. The van der Waals surface area contributed by atoms with E-state index >= 15 is 0 Å². The Morgan fingerprint density at radius 1 is 1.26 bits per heavy atom. The maximum Gasteiger partial charge on any atom is 0.338 e. The van der Waals surface area contributed by atoms with Crippen LogP contribution in [-0.4, -0.2) is 50.1 Å². The number of rotatable bonds is 11. The summed E-state index contributed by atoms with van der Waals surface area (Å²) in [5.74, 6) is 2.73. The van der Waals surface area contributed by atoms with Crippen molar-refractivity contribution < 1.29 is 28.5 Å². The number of nitrogens with one attached hydrogen (secondary N) is 3. The summed E-state index contributed by atoms with van der Waals surface area (Å²) >= 11 is 8.71. The number of hydrogen-bond donors (Lipinski definition) is 3. The second kappa shape index (κ2) is 14.2. The van der Waals surface area contributed by atoms with Crippen molar-refractivity contribution in [1.29, 1.82) is 0 Å². The number of nitrogens with zero attached hydrogens (tertiary/aromatic N) is 1. The molecule has 10 nitrogen and oxygen atoms in total. The third-order valence-corrected chi connectivity index (χ3v) is 6.12. The molecule has 0 saturated carbocycles. The molecule has 0 radical (unpaired) electrons. The van der Waals surface area contributed by atoms with Gasteiger partial charge in [0.1, 0.15) is 12.4 Å². The number of halogens is 1. The van der Waals surface area contributed by atoms with Crippen molar-refractivity contribution in [2.75, 3.05) is 26.9 Å². The van der Waals surface area contributed by atoms with Crippen LogP contribution in [0.5, 0.6) is 17.2 Å². The number of thiocarbonyl (C=S) groups is 1. The van der Waals surface area contributed by atoms with E-state index in [-0.39, 0.29) is 19.8 Å². The molecule has 1 heterocycles. The average molecular weight is 616 g/mol. The second-order valence-electron chi connectivity index (χ2n) is 7.94. The minimum atomic E-state index is -0.629. The van der Waals surface area contributed by atoms with Crippen LogP contribution in [0.4, 0.5) is 0 Å². The first-order valence-corrected chi connectivity index (χ1v) is 12.9. The lowest BCUT2D eigenvalue weighted by Crippen LogP contribution is -2.45. The molecule has 0 fully saturated rings. The number of carbonyl (C=O) groups is 2. The van der Waals surface area contributed by atoms with Crippen LogP contribution >= 0.6 is 28.1 Å². The van der Waals surface area contributed by atoms with Crippen LogP contribution in [0.1, 0.15) is 31.0 Å². The highest BCUT2D eigenvalue weighted by molar-refractivity contribution is 9.10. The summed E-state index contributed by atoms with van der Waals surface area (Å²) in [4.78, 5) is 25.2. The molecule has 1 aliphatic rings. The van der Waals surface area contributed by atoms with Gasteiger partial charge >= 0.3 is 5.97 Å². The molecule has 1 atom stereocenters. The van der Waals surface area contributed by atoms with Crippen molar-refractivity contribution in [1.82, 2.24) is 16.1 Å². The summed E-state index contributed by atoms with van der Waals surface area (Å²) in [5, 5.41) is 10.4. The molecule has 204 valence electrons. The number of hydrogen-bond acceptors (Lipinski definition) is 8. The van der Waals surface area contributed by atoms with Gasteiger partial charge in [-0.25, -0.2) is 10.2 Å². The van der Waals surface area contributed by atoms with Gasteiger partial charge in [-0.05, 0) is 65.8 Å². The number of esters is 1. The SMILES string of the molecule is C#CCOc1c(Br)cc(C=NNC(=O)COc2ccccc2[C@H]2NC(=S)NC(C)=C2C(=O)OCC)cc1OC. The van der Waals surface area contributed by atoms with Crippen molar-refractivity contribution in [3.63, 3.8) is 0 Å². The minimum Gasteiger partial charge on any atom is -0.493 e. The Morgan fingerprint density at radius 2 is 2.03 bits per heavy atom. The van der Waals surface area contributed by atoms with E-state index < -0.39 is 17.9 Å². The van der Waals surface area contributed by atoms with Crippen LogP contribution in [0.3, 0.4) is 0 Å². The van der Waals surface area contributed by atoms with Gasteiger partial charge in [0.25, 0.3) is 5.91 Å². The summed E-state index contributed by atoms with van der Waals surface area (Å²) in [6.07, 6.45) is 6.70. The van der Waals surface area contributed by atoms with Crippen molar-refractivity contribution in [3.8, 4) is 29.6 Å². The Kier molecular flexibility index (Phi) is 10.7. The number of benzene rings is 2. The van der Waals surface area contributed by atoms with Crippen molar-refractivity contribution in [2.45, 2.75) is 19.9 Å². The number of hydrazone groups is 1. The lowest BCUT2D eigenvalue weighted by atomic mass is 9.95. The van der Waals surface area contributed by atoms with E-state index in [0.717, 1.165) is 0 Å². The predicted molar refractivity (Wildman–Crippen MR) is 154 cm³/mol. The maximum absolute atomic E-state index is 12.7. The molecule has 3 N–H and O–H groups in total. The van der Waals surface area contributed by atoms with Crippen LogP contribution in [0, 0.1) is 12.3 Å². The number of terminal acetylenes is 1. The fourth-order valence-electron chi connectivity index (χ4n) is 3.68. The molecule has 0 saturated heterocycles. The number of allylic oxidation sites excluding steroid dienone is 1. The normalized spacial score (nSPS) is 14.6. The Labute approximate surface area is 240 Å². The maximum atomic E-state index is 12.7. The Balaban J connectivity index is 1.69. The van der Waals surface area contributed by atoms with Crippen LogP contribution in [0.25, 0.3) is 0 Å². The molecular weight excluding hydrogens is 588 g/mol. The first kappa shape index (κ1) is 29.5. The monoisotopic (exact) mass is 614 g/mol. The zero-order valence-corrected chi connectivity index (χ0v) is 23.9. The molecule has 0 bridgehead atoms. The van der Waals surface area contributed by atoms with Crippen LogP contribution in [-0.2, 0) is 14.3 Å². The third kappa shape index (κ3) is 7.72. The number of para-hydroxylation sites is 1. The van der Waals surface area contributed by atoms with E-state index in [1.54, 1.807) is 50.2 Å². The van der Waals surface area contributed by atoms with Crippen molar-refractivity contribution in [2.24, 2.45) is 5.10 Å². The van der Waals surface area contributed by atoms with Gasteiger partial charge in [-0.3, -0.25) is 4.79 Å². The average Bonchev–Trinajstić information content (AvgIpc) is 2.90. The van der Waals surface area contributed by atoms with Gasteiger partial charge in [0.2, 0.25) is 0 Å². The van der Waals surface area contributed by atoms with Crippen molar-refractivity contribution in [3.05, 3.63) is 63.3 Å². The molecule has 1 aliphatic heterocycles. The molecule has 3 rings (SSSR count). The zero-order chi connectivity index (χ0) is 28.4. The fraction of sp³-hybridized carbons (Fsp3) is 0.259. The standard InChI is InChI=1S/C27H27BrN4O6S/c1-5-11-37-25-19(28)12-17(13-21(25)35-4)14-29-32-22(33)15-38-20-10-8-7-9-18(20)24-23(26(34)36-6-2)16(3)30-27(39)31-24/h1,7-10,12-14,24H,6,11,15H2,2-4H3,(H,32,33)(H2,30,31,39)/t24-/m1/s1. The molecule has 39 heavy (non-hydrogen) atoms. The summed E-state index contributed by atoms with van der Waals surface area (Å²) < 4.78 is 22.5. The van der Waals surface area contributed by atoms with Gasteiger partial charge in [-0.1, -0.05) is 24.1 Å². The highest BCUT2D eigenvalue weighted by Crippen LogP contribution is 2.36. The summed E-state index contributed by atoms with van der Waals surface area (Å²) in [6.45, 7) is 3.46. The molecule has 0 spiro atoms. The lowest BCUT2D eigenvalue weighted by Gasteiger charge is -2.30. The molecule has 2 aromatic rings. The van der Waals surface area contributed by atoms with Crippen LogP contribution in [0.15, 0.2) is 57.2 Å². The zero-order valence-electron chi connectivity index (χ0n) is 21.5. The molecule has 0 unspecified atom stereocenters. The van der Waals surface area contributed by atoms with E-state index in [2.05, 4.69) is 43.0 Å². The highest BCUT2D eigenvalue weighted by atomic mass is 79.9. The number of methoxy groups -OCH3 is 1. The van der Waals surface area contributed by atoms with Crippen LogP contribution < -0.4 is 30.3 Å². The van der Waals surface area contributed by atoms with Gasteiger partial charge in [0.15, 0.2) is 23.2 Å². The first-order valence-electron chi connectivity index (χ1n) is 11.7. The summed E-state index contributed by atoms with van der Waals surface area (Å²) in [7, 11) is 1.50. The number of carbonyl (C=O) groups excluding carboxylic acids is 2. The topological polar surface area (TPSA) is 120 Å². The predicted octanol–water partition coefficient (Wildman–Crippen LogP) is 3.35. The minimum absolute atomic E-state index is 0.0853. The third-order valence-electron chi connectivity index (χ3n) is 5.31. The van der Waals surface area contributed by atoms with Gasteiger partial charge in [-0.15, -0.1) is 6.42 Å². The molecule has 0 aromatic heterocycles. The molecular formula is C27H27BrN4O6S. The summed E-state index contributed by atoms with van der Waals surface area (Å²) in [6, 6.07) is 9.84. The fourth-order valence-corrected chi connectivity index (χ4v) is 4.52. The number of ether oxygens (including phenoxy) is 4. The first-order chi connectivity index (χ1) is 18.8. The molecule has 1 amide bonds. The van der Waals surface area contributed by atoms with E-state index in [9.17, 15) is 9.59 Å². The van der Waals surface area contributed by atoms with E-state index in [0.29, 0.717) is 49.2 Å². The Morgan fingerprint density at radius 3 is 2.74 bits per heavy atom. The van der Waals surface area contributed by atoms with Gasteiger partial charge < -0.3 is 29.6 Å². The summed E-state index contributed by atoms with van der Waals surface area (Å²) in [5.41, 5.74) is 4.62. The van der Waals surface area contributed by atoms with E-state index in [4.69, 9.17) is 37.6 Å². The smallest absolute Gasteiger partial charge is 0.338 e. The van der Waals surface area contributed by atoms with E-state index in [1.165, 1.54) is 13.3 Å². The van der Waals surface area contributed by atoms with Gasteiger partial charge in [0.05, 0.1) is 36.0 Å². The van der Waals surface area contributed by atoms with Crippen LogP contribution in [0.2, 0.25) is 0 Å². The van der Waals surface area contributed by atoms with Gasteiger partial charge in [0, 0.05) is 11.3 Å². The Bertz CT molecular complexity index is 1350. The van der Waals surface area contributed by atoms with Crippen molar-refractivity contribution >= 4 is 51.4 Å². The quantitative estimate of drug-likeness (QED) is 0.115. The largest absolute Gasteiger partial charge is 0.493 e.